The Morgan fingerprint density at radius 1 is 1.39 bits per heavy atom. The van der Waals surface area contributed by atoms with Crippen molar-refractivity contribution in [3.63, 3.8) is 0 Å². The Balaban J connectivity index is 0.000000327. The van der Waals surface area contributed by atoms with Crippen LogP contribution in [0.1, 0.15) is 18.9 Å². The first-order valence-corrected chi connectivity index (χ1v) is 5.50. The molecule has 0 saturated heterocycles. The smallest absolute Gasteiger partial charge is 0.101 e. The van der Waals surface area contributed by atoms with Gasteiger partial charge in [-0.25, -0.2) is 0 Å². The van der Waals surface area contributed by atoms with Crippen molar-refractivity contribution in [2.24, 2.45) is 0 Å². The van der Waals surface area contributed by atoms with E-state index in [9.17, 15) is 0 Å². The maximum absolute atomic E-state index is 8.26. The number of nitrogens with two attached hydrogens (primary N) is 1. The van der Waals surface area contributed by atoms with Crippen molar-refractivity contribution in [2.75, 3.05) is 5.73 Å². The summed E-state index contributed by atoms with van der Waals surface area (Å²) in [5.74, 6) is 0. The number of benzene rings is 1. The highest BCUT2D eigenvalue weighted by Gasteiger charge is 2.04. The van der Waals surface area contributed by atoms with Gasteiger partial charge in [0.2, 0.25) is 0 Å². The maximum atomic E-state index is 8.26. The zero-order chi connectivity index (χ0) is 14.1. The lowest BCUT2D eigenvalue weighted by atomic mass is 10.1. The summed E-state index contributed by atoms with van der Waals surface area (Å²) in [6.45, 7) is 7.08. The molecule has 4 heteroatoms. The van der Waals surface area contributed by atoms with Crippen LogP contribution in [-0.4, -0.2) is 11.4 Å². The van der Waals surface area contributed by atoms with Crippen molar-refractivity contribution in [2.45, 2.75) is 20.3 Å². The fourth-order valence-electron chi connectivity index (χ4n) is 1.00. The fourth-order valence-corrected chi connectivity index (χ4v) is 1.00. The SMILES string of the molecule is C=C(C#N)C(=N)C(=N)CC.Cc1ccccc1N. The van der Waals surface area contributed by atoms with E-state index in [0.717, 1.165) is 11.3 Å². The van der Waals surface area contributed by atoms with E-state index in [1.807, 2.05) is 31.2 Å². The first-order valence-electron chi connectivity index (χ1n) is 5.50. The van der Waals surface area contributed by atoms with Crippen molar-refractivity contribution < 1.29 is 0 Å². The number of allylic oxidation sites excluding steroid dienone is 1. The average Bonchev–Trinajstić information content (AvgIpc) is 2.40. The van der Waals surface area contributed by atoms with Crippen LogP contribution in [0.5, 0.6) is 0 Å². The second-order valence-electron chi connectivity index (χ2n) is 3.65. The van der Waals surface area contributed by atoms with Crippen LogP contribution in [0.4, 0.5) is 5.69 Å². The minimum atomic E-state index is -0.0509. The van der Waals surface area contributed by atoms with E-state index >= 15 is 0 Å². The number of nitriles is 1. The summed E-state index contributed by atoms with van der Waals surface area (Å²) in [5, 5.41) is 22.6. The first kappa shape index (κ1) is 15.6. The molecule has 0 amide bonds. The second-order valence-corrected chi connectivity index (χ2v) is 3.65. The number of hydrogen-bond donors (Lipinski definition) is 3. The Morgan fingerprint density at radius 3 is 2.28 bits per heavy atom. The van der Waals surface area contributed by atoms with E-state index in [1.54, 1.807) is 13.0 Å². The number of rotatable bonds is 3. The zero-order valence-corrected chi connectivity index (χ0v) is 10.7. The quantitative estimate of drug-likeness (QED) is 0.431. The average molecular weight is 242 g/mol. The predicted molar refractivity (Wildman–Crippen MR) is 76.1 cm³/mol. The Labute approximate surface area is 108 Å². The molecule has 4 N–H and O–H groups in total. The van der Waals surface area contributed by atoms with Crippen molar-refractivity contribution >= 4 is 17.1 Å². The first-order chi connectivity index (χ1) is 8.43. The van der Waals surface area contributed by atoms with Crippen molar-refractivity contribution in [3.05, 3.63) is 42.0 Å². The van der Waals surface area contributed by atoms with Gasteiger partial charge in [-0.2, -0.15) is 5.26 Å². The van der Waals surface area contributed by atoms with Crippen LogP contribution in [0, 0.1) is 29.1 Å². The van der Waals surface area contributed by atoms with Crippen LogP contribution in [0.15, 0.2) is 36.4 Å². The Hall–Kier alpha value is -2.41. The van der Waals surface area contributed by atoms with E-state index in [1.165, 1.54) is 0 Å². The number of aryl methyl sites for hydroxylation is 1. The van der Waals surface area contributed by atoms with E-state index < -0.39 is 0 Å². The summed E-state index contributed by atoms with van der Waals surface area (Å²) in [5.41, 5.74) is 7.70. The van der Waals surface area contributed by atoms with E-state index in [-0.39, 0.29) is 17.0 Å². The van der Waals surface area contributed by atoms with Gasteiger partial charge in [-0.1, -0.05) is 31.7 Å². The molecule has 0 aromatic heterocycles. The summed E-state index contributed by atoms with van der Waals surface area (Å²) in [6, 6.07) is 9.52. The monoisotopic (exact) mass is 242 g/mol. The van der Waals surface area contributed by atoms with Gasteiger partial charge < -0.3 is 11.1 Å². The van der Waals surface area contributed by atoms with Crippen LogP contribution in [-0.2, 0) is 0 Å². The van der Waals surface area contributed by atoms with E-state index in [2.05, 4.69) is 6.58 Å². The van der Waals surface area contributed by atoms with Gasteiger partial charge >= 0.3 is 0 Å². The highest BCUT2D eigenvalue weighted by atomic mass is 14.5. The lowest BCUT2D eigenvalue weighted by molar-refractivity contribution is 1.26. The summed E-state index contributed by atoms with van der Waals surface area (Å²) in [6.07, 6.45) is 0.472. The molecule has 0 spiro atoms. The fraction of sp³-hybridized carbons (Fsp3) is 0.214. The molecule has 4 nitrogen and oxygen atoms in total. The largest absolute Gasteiger partial charge is 0.399 e. The van der Waals surface area contributed by atoms with Gasteiger partial charge in [0, 0.05) is 5.69 Å². The van der Waals surface area contributed by atoms with Gasteiger partial charge in [0.25, 0.3) is 0 Å². The molecule has 0 saturated carbocycles. The van der Waals surface area contributed by atoms with Gasteiger partial charge in [0.15, 0.2) is 0 Å². The van der Waals surface area contributed by atoms with Crippen molar-refractivity contribution in [1.82, 2.24) is 0 Å². The molecular formula is C14H18N4. The van der Waals surface area contributed by atoms with Crippen LogP contribution in [0.25, 0.3) is 0 Å². The van der Waals surface area contributed by atoms with Gasteiger partial charge in [-0.05, 0) is 25.0 Å². The molecule has 0 atom stereocenters. The lowest BCUT2D eigenvalue weighted by Crippen LogP contribution is -2.11. The standard InChI is InChI=1S/C7H9N3.C7H9N/c1-3-6(9)7(10)5(2)4-8;1-6-4-2-3-5-7(6)8/h9-10H,2-3H2,1H3;2-5H,8H2,1H3. The van der Waals surface area contributed by atoms with Crippen molar-refractivity contribution in [3.8, 4) is 6.07 Å². The van der Waals surface area contributed by atoms with Gasteiger partial charge in [0.05, 0.1) is 17.0 Å². The number of nitrogen functional groups attached to an aromatic ring is 1. The molecule has 0 aliphatic heterocycles. The van der Waals surface area contributed by atoms with Gasteiger partial charge in [0.1, 0.15) is 6.07 Å². The summed E-state index contributed by atoms with van der Waals surface area (Å²) in [7, 11) is 0. The van der Waals surface area contributed by atoms with Crippen LogP contribution < -0.4 is 5.73 Å². The third-order valence-electron chi connectivity index (χ3n) is 2.28. The number of hydrogen-bond acceptors (Lipinski definition) is 4. The molecule has 1 rings (SSSR count). The lowest BCUT2D eigenvalue weighted by Gasteiger charge is -1.97. The summed E-state index contributed by atoms with van der Waals surface area (Å²) < 4.78 is 0. The third kappa shape index (κ3) is 5.08. The summed E-state index contributed by atoms with van der Waals surface area (Å²) in [4.78, 5) is 0. The minimum absolute atomic E-state index is 0.0509. The summed E-state index contributed by atoms with van der Waals surface area (Å²) >= 11 is 0. The zero-order valence-electron chi connectivity index (χ0n) is 10.7. The van der Waals surface area contributed by atoms with Crippen molar-refractivity contribution in [1.29, 1.82) is 16.1 Å². The Kier molecular flexibility index (Phi) is 6.75. The molecule has 18 heavy (non-hydrogen) atoms. The maximum Gasteiger partial charge on any atom is 0.101 e. The molecule has 0 heterocycles. The molecule has 1 aromatic carbocycles. The topological polar surface area (TPSA) is 97.5 Å². The number of anilines is 1. The third-order valence-corrected chi connectivity index (χ3v) is 2.28. The normalized spacial score (nSPS) is 8.50. The van der Waals surface area contributed by atoms with Crippen LogP contribution in [0.3, 0.4) is 0 Å². The van der Waals surface area contributed by atoms with Crippen LogP contribution >= 0.6 is 0 Å². The molecule has 0 fully saturated rings. The number of nitrogens with zero attached hydrogens (tertiary/aromatic N) is 1. The molecule has 0 unspecified atom stereocenters. The molecule has 1 aromatic rings. The molecule has 0 aliphatic rings. The highest BCUT2D eigenvalue weighted by molar-refractivity contribution is 6.46. The molecule has 0 bridgehead atoms. The Morgan fingerprint density at radius 2 is 1.94 bits per heavy atom. The highest BCUT2D eigenvalue weighted by Crippen LogP contribution is 2.06. The molecule has 0 aliphatic carbocycles. The van der Waals surface area contributed by atoms with E-state index in [4.69, 9.17) is 21.8 Å². The molecule has 0 radical (unpaired) electrons. The second kappa shape index (κ2) is 7.80. The molecular weight excluding hydrogens is 224 g/mol. The van der Waals surface area contributed by atoms with Crippen LogP contribution in [0.2, 0.25) is 0 Å². The Bertz CT molecular complexity index is 474. The van der Waals surface area contributed by atoms with Gasteiger partial charge in [-0.15, -0.1) is 0 Å². The minimum Gasteiger partial charge on any atom is -0.399 e. The molecule has 94 valence electrons. The number of nitrogens with one attached hydrogen (secondary N) is 2. The van der Waals surface area contributed by atoms with Gasteiger partial charge in [-0.3, -0.25) is 5.41 Å². The van der Waals surface area contributed by atoms with E-state index in [0.29, 0.717) is 6.42 Å². The number of para-hydroxylation sites is 1. The predicted octanol–water partition coefficient (Wildman–Crippen LogP) is 3.09.